The fraction of sp³-hybridized carbons (Fsp3) is 0.208. The number of anilines is 1. The summed E-state index contributed by atoms with van der Waals surface area (Å²) in [5, 5.41) is 5.51. The van der Waals surface area contributed by atoms with Gasteiger partial charge in [-0.05, 0) is 42.3 Å². The summed E-state index contributed by atoms with van der Waals surface area (Å²) in [6.07, 6.45) is -4.55. The first-order valence-corrected chi connectivity index (χ1v) is 9.68. The number of carbonyl (C=O) groups excluding carboxylic acids is 1. The summed E-state index contributed by atoms with van der Waals surface area (Å²) in [5.41, 5.74) is 1.78. The number of alkyl halides is 3. The molecule has 0 fully saturated rings. The third-order valence-electron chi connectivity index (χ3n) is 4.83. The number of aryl methyl sites for hydroxylation is 1. The van der Waals surface area contributed by atoms with Gasteiger partial charge in [0.25, 0.3) is 0 Å². The number of methoxy groups -OCH3 is 1. The third kappa shape index (κ3) is 5.86. The number of rotatable bonds is 7. The van der Waals surface area contributed by atoms with E-state index in [4.69, 9.17) is 4.74 Å². The molecule has 0 aromatic heterocycles. The minimum atomic E-state index is -4.55. The SMILES string of the molecule is COc1ccc(C(NCC(=O)Nc2ccccc2C(F)(F)F)c2ccc(C)cc2)cc1. The molecule has 0 bridgehead atoms. The average Bonchev–Trinajstić information content (AvgIpc) is 2.75. The van der Waals surface area contributed by atoms with Crippen LogP contribution in [0.25, 0.3) is 0 Å². The fourth-order valence-corrected chi connectivity index (χ4v) is 3.21. The maximum absolute atomic E-state index is 13.2. The molecule has 3 aromatic rings. The van der Waals surface area contributed by atoms with Gasteiger partial charge in [-0.25, -0.2) is 0 Å². The molecule has 2 N–H and O–H groups in total. The molecule has 0 radical (unpaired) electrons. The number of benzene rings is 3. The number of hydrogen-bond donors (Lipinski definition) is 2. The van der Waals surface area contributed by atoms with E-state index in [1.165, 1.54) is 18.2 Å². The lowest BCUT2D eigenvalue weighted by Crippen LogP contribution is -2.32. The van der Waals surface area contributed by atoms with Crippen molar-refractivity contribution in [3.8, 4) is 5.75 Å². The van der Waals surface area contributed by atoms with Crippen LogP contribution >= 0.6 is 0 Å². The van der Waals surface area contributed by atoms with Gasteiger partial charge in [0.1, 0.15) is 5.75 Å². The Labute approximate surface area is 179 Å². The summed E-state index contributed by atoms with van der Waals surface area (Å²) in [4.78, 5) is 12.5. The monoisotopic (exact) mass is 428 g/mol. The predicted octanol–water partition coefficient (Wildman–Crippen LogP) is 5.34. The standard InChI is InChI=1S/C24H23F3N2O2/c1-16-7-9-17(10-8-16)23(18-11-13-19(31-2)14-12-18)28-15-22(30)29-21-6-4-3-5-20(21)24(25,26)27/h3-14,23,28H,15H2,1-2H3,(H,29,30). The first-order valence-electron chi connectivity index (χ1n) is 9.68. The first-order chi connectivity index (χ1) is 14.8. The highest BCUT2D eigenvalue weighted by molar-refractivity contribution is 5.93. The topological polar surface area (TPSA) is 50.4 Å². The zero-order chi connectivity index (χ0) is 22.4. The highest BCUT2D eigenvalue weighted by Crippen LogP contribution is 2.34. The minimum Gasteiger partial charge on any atom is -0.497 e. The van der Waals surface area contributed by atoms with E-state index in [1.807, 2.05) is 55.5 Å². The summed E-state index contributed by atoms with van der Waals surface area (Å²) in [5.74, 6) is 0.134. The van der Waals surface area contributed by atoms with Crippen molar-refractivity contribution < 1.29 is 22.7 Å². The number of para-hydroxylation sites is 1. The Balaban J connectivity index is 1.77. The molecule has 0 saturated heterocycles. The molecular formula is C24H23F3N2O2. The van der Waals surface area contributed by atoms with Crippen LogP contribution in [0, 0.1) is 6.92 Å². The third-order valence-corrected chi connectivity index (χ3v) is 4.83. The van der Waals surface area contributed by atoms with Gasteiger partial charge in [0.05, 0.1) is 30.9 Å². The molecule has 1 amide bonds. The molecule has 4 nitrogen and oxygen atoms in total. The lowest BCUT2D eigenvalue weighted by molar-refractivity contribution is -0.137. The average molecular weight is 428 g/mol. The predicted molar refractivity (Wildman–Crippen MR) is 114 cm³/mol. The zero-order valence-electron chi connectivity index (χ0n) is 17.2. The highest BCUT2D eigenvalue weighted by Gasteiger charge is 2.33. The van der Waals surface area contributed by atoms with Crippen molar-refractivity contribution in [2.75, 3.05) is 19.0 Å². The van der Waals surface area contributed by atoms with Crippen LogP contribution in [0.5, 0.6) is 5.75 Å². The molecule has 0 saturated carbocycles. The first kappa shape index (κ1) is 22.4. The van der Waals surface area contributed by atoms with Gasteiger partial charge in [-0.2, -0.15) is 13.2 Å². The van der Waals surface area contributed by atoms with Crippen LogP contribution in [0.1, 0.15) is 28.3 Å². The maximum Gasteiger partial charge on any atom is 0.418 e. The van der Waals surface area contributed by atoms with Crippen molar-refractivity contribution in [1.82, 2.24) is 5.32 Å². The van der Waals surface area contributed by atoms with Gasteiger partial charge >= 0.3 is 6.18 Å². The highest BCUT2D eigenvalue weighted by atomic mass is 19.4. The van der Waals surface area contributed by atoms with Crippen LogP contribution in [0.4, 0.5) is 18.9 Å². The number of ether oxygens (including phenoxy) is 1. The van der Waals surface area contributed by atoms with Gasteiger partial charge < -0.3 is 10.1 Å². The van der Waals surface area contributed by atoms with Crippen molar-refractivity contribution in [3.05, 3.63) is 95.1 Å². The number of hydrogen-bond acceptors (Lipinski definition) is 3. The zero-order valence-corrected chi connectivity index (χ0v) is 17.2. The van der Waals surface area contributed by atoms with Crippen molar-refractivity contribution in [1.29, 1.82) is 0 Å². The smallest absolute Gasteiger partial charge is 0.418 e. The second-order valence-corrected chi connectivity index (χ2v) is 7.09. The van der Waals surface area contributed by atoms with Crippen LogP contribution in [-0.4, -0.2) is 19.6 Å². The molecule has 1 unspecified atom stereocenters. The summed E-state index contributed by atoms with van der Waals surface area (Å²) in [6.45, 7) is 1.81. The molecule has 31 heavy (non-hydrogen) atoms. The lowest BCUT2D eigenvalue weighted by atomic mass is 9.97. The molecule has 7 heteroatoms. The van der Waals surface area contributed by atoms with E-state index in [9.17, 15) is 18.0 Å². The van der Waals surface area contributed by atoms with E-state index in [2.05, 4.69) is 10.6 Å². The fourth-order valence-electron chi connectivity index (χ4n) is 3.21. The Kier molecular flexibility index (Phi) is 6.97. The summed E-state index contributed by atoms with van der Waals surface area (Å²) in [6, 6.07) is 19.8. The number of halogens is 3. The molecule has 3 aromatic carbocycles. The van der Waals surface area contributed by atoms with Gasteiger partial charge in [-0.3, -0.25) is 10.1 Å². The number of carbonyl (C=O) groups is 1. The van der Waals surface area contributed by atoms with Gasteiger partial charge in [-0.1, -0.05) is 54.1 Å². The van der Waals surface area contributed by atoms with E-state index in [1.54, 1.807) is 7.11 Å². The van der Waals surface area contributed by atoms with E-state index in [-0.39, 0.29) is 18.3 Å². The normalized spacial score (nSPS) is 12.3. The number of amides is 1. The quantitative estimate of drug-likeness (QED) is 0.534. The van der Waals surface area contributed by atoms with E-state index in [0.29, 0.717) is 5.75 Å². The lowest BCUT2D eigenvalue weighted by Gasteiger charge is -2.21. The molecule has 3 rings (SSSR count). The molecule has 1 atom stereocenters. The Hall–Kier alpha value is -3.32. The molecule has 0 aliphatic heterocycles. The second-order valence-electron chi connectivity index (χ2n) is 7.09. The Morgan fingerprint density at radius 2 is 1.52 bits per heavy atom. The van der Waals surface area contributed by atoms with E-state index in [0.717, 1.165) is 22.8 Å². The number of nitrogens with one attached hydrogen (secondary N) is 2. The summed E-state index contributed by atoms with van der Waals surface area (Å²) < 4.78 is 44.7. The van der Waals surface area contributed by atoms with Crippen molar-refractivity contribution in [3.63, 3.8) is 0 Å². The second kappa shape index (κ2) is 9.66. The van der Waals surface area contributed by atoms with Gasteiger partial charge in [0.2, 0.25) is 5.91 Å². The Morgan fingerprint density at radius 1 is 0.935 bits per heavy atom. The summed E-state index contributed by atoms with van der Waals surface area (Å²) in [7, 11) is 1.58. The van der Waals surface area contributed by atoms with Crippen LogP contribution in [0.15, 0.2) is 72.8 Å². The molecule has 162 valence electrons. The molecule has 0 aliphatic carbocycles. The molecule has 0 spiro atoms. The van der Waals surface area contributed by atoms with Crippen molar-refractivity contribution >= 4 is 11.6 Å². The largest absolute Gasteiger partial charge is 0.497 e. The van der Waals surface area contributed by atoms with Crippen LogP contribution in [0.3, 0.4) is 0 Å². The summed E-state index contributed by atoms with van der Waals surface area (Å²) >= 11 is 0. The molecule has 0 heterocycles. The minimum absolute atomic E-state index is 0.170. The van der Waals surface area contributed by atoms with Crippen molar-refractivity contribution in [2.24, 2.45) is 0 Å². The molecule has 0 aliphatic rings. The van der Waals surface area contributed by atoms with E-state index >= 15 is 0 Å². The Bertz CT molecular complexity index is 1020. The van der Waals surface area contributed by atoms with Crippen molar-refractivity contribution in [2.45, 2.75) is 19.1 Å². The van der Waals surface area contributed by atoms with Gasteiger partial charge in [-0.15, -0.1) is 0 Å². The van der Waals surface area contributed by atoms with Crippen LogP contribution in [0.2, 0.25) is 0 Å². The maximum atomic E-state index is 13.2. The van der Waals surface area contributed by atoms with Crippen LogP contribution in [-0.2, 0) is 11.0 Å². The van der Waals surface area contributed by atoms with Gasteiger partial charge in [0, 0.05) is 0 Å². The van der Waals surface area contributed by atoms with Gasteiger partial charge in [0.15, 0.2) is 0 Å². The van der Waals surface area contributed by atoms with Crippen LogP contribution < -0.4 is 15.4 Å². The Morgan fingerprint density at radius 3 is 2.10 bits per heavy atom. The van der Waals surface area contributed by atoms with E-state index < -0.39 is 17.6 Å². The molecular weight excluding hydrogens is 405 g/mol.